The van der Waals surface area contributed by atoms with Gasteiger partial charge in [-0.25, -0.2) is 0 Å². The molecule has 0 heterocycles. The minimum absolute atomic E-state index is 0.143. The smallest absolute Gasteiger partial charge is 0.310 e. The molecular formula is C13H22O3. The summed E-state index contributed by atoms with van der Waals surface area (Å²) in [5.41, 5.74) is -0.192. The summed E-state index contributed by atoms with van der Waals surface area (Å²) < 4.78 is 5.18. The van der Waals surface area contributed by atoms with Gasteiger partial charge in [-0.1, -0.05) is 40.0 Å². The first kappa shape index (κ1) is 13.2. The lowest BCUT2D eigenvalue weighted by Gasteiger charge is -2.05. The van der Waals surface area contributed by atoms with Crippen LogP contribution < -0.4 is 0 Å². The Bertz CT molecular complexity index is 258. The Labute approximate surface area is 97.5 Å². The topological polar surface area (TPSA) is 43.4 Å². The van der Waals surface area contributed by atoms with Gasteiger partial charge in [-0.05, 0) is 11.8 Å². The number of rotatable bonds is 7. The highest BCUT2D eigenvalue weighted by Crippen LogP contribution is 2.57. The Morgan fingerprint density at radius 3 is 2.50 bits per heavy atom. The summed E-state index contributed by atoms with van der Waals surface area (Å²) in [4.78, 5) is 22.3. The van der Waals surface area contributed by atoms with Gasteiger partial charge in [-0.2, -0.15) is 0 Å². The van der Waals surface area contributed by atoms with Gasteiger partial charge in [0, 0.05) is 5.92 Å². The van der Waals surface area contributed by atoms with E-state index in [-0.39, 0.29) is 23.2 Å². The molecule has 0 radical (unpaired) electrons. The number of carbonyl (C=O) groups excluding carboxylic acids is 2. The molecule has 1 aliphatic rings. The number of aldehydes is 1. The molecule has 2 atom stereocenters. The van der Waals surface area contributed by atoms with Crippen LogP contribution in [-0.2, 0) is 14.3 Å². The first-order valence-electron chi connectivity index (χ1n) is 6.17. The number of hydrogen-bond donors (Lipinski definition) is 0. The Morgan fingerprint density at radius 2 is 2.00 bits per heavy atom. The summed E-state index contributed by atoms with van der Waals surface area (Å²) in [6.45, 7) is 6.52. The molecule has 0 aliphatic heterocycles. The summed E-state index contributed by atoms with van der Waals surface area (Å²) >= 11 is 0. The van der Waals surface area contributed by atoms with E-state index in [0.717, 1.165) is 19.1 Å². The summed E-state index contributed by atoms with van der Waals surface area (Å²) in [5, 5.41) is 0. The monoisotopic (exact) mass is 226 g/mol. The lowest BCUT2D eigenvalue weighted by Crippen LogP contribution is -2.11. The van der Waals surface area contributed by atoms with Crippen LogP contribution >= 0.6 is 0 Å². The highest BCUT2D eigenvalue weighted by Gasteiger charge is 2.62. The number of ether oxygens (including phenoxy) is 1. The van der Waals surface area contributed by atoms with Crippen LogP contribution in [-0.4, -0.2) is 18.9 Å². The molecule has 0 spiro atoms. The third kappa shape index (κ3) is 2.83. The van der Waals surface area contributed by atoms with Crippen LogP contribution in [0.1, 0.15) is 46.5 Å². The molecule has 1 saturated carbocycles. The van der Waals surface area contributed by atoms with Crippen molar-refractivity contribution in [3.05, 3.63) is 0 Å². The number of carbonyl (C=O) groups is 2. The molecule has 0 amide bonds. The fraction of sp³-hybridized carbons (Fsp3) is 0.846. The van der Waals surface area contributed by atoms with Gasteiger partial charge in [0.05, 0.1) is 12.5 Å². The van der Waals surface area contributed by atoms with Crippen LogP contribution in [0.3, 0.4) is 0 Å². The second kappa shape index (κ2) is 5.46. The second-order valence-electron chi connectivity index (χ2n) is 5.19. The zero-order valence-corrected chi connectivity index (χ0v) is 10.5. The van der Waals surface area contributed by atoms with Crippen molar-refractivity contribution in [1.29, 1.82) is 0 Å². The molecule has 0 aromatic carbocycles. The largest absolute Gasteiger partial charge is 0.465 e. The number of hydrogen-bond acceptors (Lipinski definition) is 3. The molecule has 0 aromatic rings. The Balaban J connectivity index is 2.19. The number of esters is 1. The summed E-state index contributed by atoms with van der Waals surface area (Å²) in [6, 6.07) is 0. The van der Waals surface area contributed by atoms with E-state index in [2.05, 4.69) is 6.92 Å². The van der Waals surface area contributed by atoms with Crippen molar-refractivity contribution in [2.45, 2.75) is 46.5 Å². The van der Waals surface area contributed by atoms with Crippen LogP contribution in [0.5, 0.6) is 0 Å². The van der Waals surface area contributed by atoms with E-state index >= 15 is 0 Å². The molecule has 0 unspecified atom stereocenters. The lowest BCUT2D eigenvalue weighted by molar-refractivity contribution is -0.146. The van der Waals surface area contributed by atoms with Gasteiger partial charge in [-0.3, -0.25) is 4.79 Å². The van der Waals surface area contributed by atoms with Crippen molar-refractivity contribution in [3.63, 3.8) is 0 Å². The SMILES string of the molecule is CCCCCCOC(=O)[C@@H]1[C@@H](C=O)C1(C)C. The molecule has 0 bridgehead atoms. The van der Waals surface area contributed by atoms with Crippen LogP contribution in [0.25, 0.3) is 0 Å². The highest BCUT2D eigenvalue weighted by molar-refractivity contribution is 5.84. The van der Waals surface area contributed by atoms with Gasteiger partial charge in [0.25, 0.3) is 0 Å². The van der Waals surface area contributed by atoms with Gasteiger partial charge in [-0.15, -0.1) is 0 Å². The van der Waals surface area contributed by atoms with Crippen LogP contribution in [0.4, 0.5) is 0 Å². The van der Waals surface area contributed by atoms with Gasteiger partial charge in [0.15, 0.2) is 0 Å². The van der Waals surface area contributed by atoms with E-state index in [9.17, 15) is 9.59 Å². The first-order chi connectivity index (χ1) is 7.55. The summed E-state index contributed by atoms with van der Waals surface area (Å²) in [6.07, 6.45) is 5.27. The zero-order valence-electron chi connectivity index (χ0n) is 10.5. The molecule has 1 fully saturated rings. The van der Waals surface area contributed by atoms with Crippen molar-refractivity contribution in [2.24, 2.45) is 17.3 Å². The maximum atomic E-state index is 11.6. The highest BCUT2D eigenvalue weighted by atomic mass is 16.5. The molecule has 1 rings (SSSR count). The maximum absolute atomic E-state index is 11.6. The van der Waals surface area contributed by atoms with Crippen molar-refractivity contribution < 1.29 is 14.3 Å². The fourth-order valence-corrected chi connectivity index (χ4v) is 2.17. The molecule has 0 aromatic heterocycles. The van der Waals surface area contributed by atoms with E-state index in [4.69, 9.17) is 4.74 Å². The van der Waals surface area contributed by atoms with Crippen LogP contribution in [0.2, 0.25) is 0 Å². The molecular weight excluding hydrogens is 204 g/mol. The third-order valence-corrected chi connectivity index (χ3v) is 3.55. The van der Waals surface area contributed by atoms with Crippen molar-refractivity contribution in [3.8, 4) is 0 Å². The molecule has 0 saturated heterocycles. The van der Waals surface area contributed by atoms with E-state index in [0.29, 0.717) is 6.61 Å². The maximum Gasteiger partial charge on any atom is 0.310 e. The van der Waals surface area contributed by atoms with Crippen LogP contribution in [0.15, 0.2) is 0 Å². The standard InChI is InChI=1S/C13H22O3/c1-4-5-6-7-8-16-12(15)11-10(9-14)13(11,2)3/h9-11H,4-8H2,1-3H3/t10-,11+/m1/s1. The normalized spacial score (nSPS) is 26.2. The predicted molar refractivity (Wildman–Crippen MR) is 61.9 cm³/mol. The average Bonchev–Trinajstić information content (AvgIpc) is 2.80. The van der Waals surface area contributed by atoms with Gasteiger partial charge >= 0.3 is 5.97 Å². The molecule has 16 heavy (non-hydrogen) atoms. The molecule has 1 aliphatic carbocycles. The lowest BCUT2D eigenvalue weighted by atomic mass is 10.1. The Hall–Kier alpha value is -0.860. The van der Waals surface area contributed by atoms with E-state index in [1.165, 1.54) is 12.8 Å². The van der Waals surface area contributed by atoms with Gasteiger partial charge in [0.1, 0.15) is 6.29 Å². The van der Waals surface area contributed by atoms with Crippen molar-refractivity contribution >= 4 is 12.3 Å². The van der Waals surface area contributed by atoms with Crippen LogP contribution in [0, 0.1) is 17.3 Å². The third-order valence-electron chi connectivity index (χ3n) is 3.55. The molecule has 3 heteroatoms. The van der Waals surface area contributed by atoms with Gasteiger partial charge in [0.2, 0.25) is 0 Å². The molecule has 0 N–H and O–H groups in total. The number of unbranched alkanes of at least 4 members (excludes halogenated alkanes) is 3. The van der Waals surface area contributed by atoms with E-state index in [1.54, 1.807) is 0 Å². The van der Waals surface area contributed by atoms with Crippen molar-refractivity contribution in [1.82, 2.24) is 0 Å². The predicted octanol–water partition coefficient (Wildman–Crippen LogP) is 2.58. The summed E-state index contributed by atoms with van der Waals surface area (Å²) in [7, 11) is 0. The zero-order chi connectivity index (χ0) is 12.2. The minimum Gasteiger partial charge on any atom is -0.465 e. The quantitative estimate of drug-likeness (QED) is 0.381. The average molecular weight is 226 g/mol. The van der Waals surface area contributed by atoms with E-state index < -0.39 is 0 Å². The Kier molecular flexibility index (Phi) is 4.51. The Morgan fingerprint density at radius 1 is 1.31 bits per heavy atom. The van der Waals surface area contributed by atoms with Crippen molar-refractivity contribution in [2.75, 3.05) is 6.61 Å². The summed E-state index contributed by atoms with van der Waals surface area (Å²) in [5.74, 6) is -0.551. The van der Waals surface area contributed by atoms with E-state index in [1.807, 2.05) is 13.8 Å². The fourth-order valence-electron chi connectivity index (χ4n) is 2.17. The van der Waals surface area contributed by atoms with Gasteiger partial charge < -0.3 is 9.53 Å². The molecule has 3 nitrogen and oxygen atoms in total. The first-order valence-corrected chi connectivity index (χ1v) is 6.17. The second-order valence-corrected chi connectivity index (χ2v) is 5.19. The molecule has 92 valence electrons. The minimum atomic E-state index is -0.212.